The van der Waals surface area contributed by atoms with Gasteiger partial charge in [-0.15, -0.1) is 11.3 Å². The molecule has 5 nitrogen and oxygen atoms in total. The first-order chi connectivity index (χ1) is 12.2. The van der Waals surface area contributed by atoms with Gasteiger partial charge in [-0.1, -0.05) is 12.1 Å². The minimum Gasteiger partial charge on any atom is -0.346 e. The van der Waals surface area contributed by atoms with Gasteiger partial charge in [0.15, 0.2) is 0 Å². The Bertz CT molecular complexity index is 1050. The maximum absolute atomic E-state index is 4.84. The molecular weight excluding hydrogens is 330 g/mol. The first-order valence-corrected chi connectivity index (χ1v) is 9.46. The molecule has 5 rings (SSSR count). The number of fused-ring (bicyclic) bond motifs is 2. The first-order valence-electron chi connectivity index (χ1n) is 8.64. The zero-order valence-electron chi connectivity index (χ0n) is 14.3. The highest BCUT2D eigenvalue weighted by Gasteiger charge is 2.31. The standard InChI is InChI=1S/C19H19N5S/c1-11-12(2)25-19-16(11)18(20-10-21-19)24-9-5-8-15(24)17-22-13-6-3-4-7-14(13)23-17/h3-4,6-7,10,15H,5,8-9H2,1-2H3,(H,22,23)/t15-/m0/s1. The average Bonchev–Trinajstić information content (AvgIpc) is 3.32. The number of rotatable bonds is 2. The molecule has 126 valence electrons. The van der Waals surface area contributed by atoms with Crippen LogP contribution in [-0.4, -0.2) is 26.5 Å². The van der Waals surface area contributed by atoms with Crippen LogP contribution in [0.5, 0.6) is 0 Å². The lowest BCUT2D eigenvalue weighted by atomic mass is 10.1. The van der Waals surface area contributed by atoms with Crippen LogP contribution in [0.15, 0.2) is 30.6 Å². The molecular formula is C19H19N5S. The number of hydrogen-bond donors (Lipinski definition) is 1. The SMILES string of the molecule is Cc1sc2ncnc(N3CCC[C@H]3c3nc4ccccc4[nH]3)c2c1C. The van der Waals surface area contributed by atoms with E-state index in [9.17, 15) is 0 Å². The van der Waals surface area contributed by atoms with Gasteiger partial charge in [0.05, 0.1) is 22.5 Å². The number of anilines is 1. The Morgan fingerprint density at radius 1 is 1.20 bits per heavy atom. The number of para-hydroxylation sites is 2. The Balaban J connectivity index is 1.64. The largest absolute Gasteiger partial charge is 0.346 e. The summed E-state index contributed by atoms with van der Waals surface area (Å²) in [5.41, 5.74) is 3.42. The van der Waals surface area contributed by atoms with Gasteiger partial charge in [-0.3, -0.25) is 0 Å². The molecule has 0 spiro atoms. The van der Waals surface area contributed by atoms with Crippen molar-refractivity contribution in [2.75, 3.05) is 11.4 Å². The van der Waals surface area contributed by atoms with E-state index < -0.39 is 0 Å². The number of H-pyrrole nitrogens is 1. The second-order valence-corrected chi connectivity index (χ2v) is 7.85. The smallest absolute Gasteiger partial charge is 0.141 e. The molecule has 1 aliphatic rings. The van der Waals surface area contributed by atoms with Crippen LogP contribution in [0.1, 0.15) is 35.1 Å². The summed E-state index contributed by atoms with van der Waals surface area (Å²) in [6.07, 6.45) is 3.93. The predicted octanol–water partition coefficient (Wildman–Crippen LogP) is 4.53. The zero-order valence-corrected chi connectivity index (χ0v) is 15.1. The molecule has 0 amide bonds. The van der Waals surface area contributed by atoms with Crippen molar-refractivity contribution in [3.8, 4) is 0 Å². The number of thiophene rings is 1. The van der Waals surface area contributed by atoms with E-state index in [4.69, 9.17) is 4.98 Å². The van der Waals surface area contributed by atoms with Crippen molar-refractivity contribution in [1.82, 2.24) is 19.9 Å². The highest BCUT2D eigenvalue weighted by atomic mass is 32.1. The van der Waals surface area contributed by atoms with Crippen LogP contribution in [0.4, 0.5) is 5.82 Å². The molecule has 1 N–H and O–H groups in total. The molecule has 1 saturated heterocycles. The van der Waals surface area contributed by atoms with Gasteiger partial charge < -0.3 is 9.88 Å². The molecule has 0 aliphatic carbocycles. The van der Waals surface area contributed by atoms with Crippen molar-refractivity contribution in [2.24, 2.45) is 0 Å². The third-order valence-electron chi connectivity index (χ3n) is 5.19. The molecule has 0 radical (unpaired) electrons. The second-order valence-electron chi connectivity index (χ2n) is 6.65. The van der Waals surface area contributed by atoms with E-state index in [1.807, 2.05) is 12.1 Å². The highest BCUT2D eigenvalue weighted by Crippen LogP contribution is 2.40. The third kappa shape index (κ3) is 2.24. The maximum atomic E-state index is 4.84. The fourth-order valence-electron chi connectivity index (χ4n) is 3.82. The minimum atomic E-state index is 0.241. The normalized spacial score (nSPS) is 17.8. The number of hydrogen-bond acceptors (Lipinski definition) is 5. The van der Waals surface area contributed by atoms with Crippen molar-refractivity contribution < 1.29 is 0 Å². The number of aromatic nitrogens is 4. The van der Waals surface area contributed by atoms with Crippen LogP contribution in [0.3, 0.4) is 0 Å². The van der Waals surface area contributed by atoms with Crippen LogP contribution in [0.25, 0.3) is 21.3 Å². The fourth-order valence-corrected chi connectivity index (χ4v) is 4.81. The monoisotopic (exact) mass is 349 g/mol. The van der Waals surface area contributed by atoms with Crippen LogP contribution in [0, 0.1) is 13.8 Å². The van der Waals surface area contributed by atoms with E-state index in [-0.39, 0.29) is 6.04 Å². The Labute approximate surface area is 149 Å². The van der Waals surface area contributed by atoms with Crippen molar-refractivity contribution in [3.63, 3.8) is 0 Å². The van der Waals surface area contributed by atoms with Gasteiger partial charge in [0, 0.05) is 11.4 Å². The molecule has 1 aliphatic heterocycles. The van der Waals surface area contributed by atoms with E-state index in [0.717, 1.165) is 46.9 Å². The summed E-state index contributed by atoms with van der Waals surface area (Å²) in [5.74, 6) is 2.09. The molecule has 1 atom stereocenters. The molecule has 0 bridgehead atoms. The molecule has 0 unspecified atom stereocenters. The molecule has 1 fully saturated rings. The summed E-state index contributed by atoms with van der Waals surface area (Å²) in [6.45, 7) is 5.33. The summed E-state index contributed by atoms with van der Waals surface area (Å²) in [6, 6.07) is 8.46. The lowest BCUT2D eigenvalue weighted by Crippen LogP contribution is -2.24. The van der Waals surface area contributed by atoms with Gasteiger partial charge in [0.2, 0.25) is 0 Å². The van der Waals surface area contributed by atoms with Gasteiger partial charge in [0.25, 0.3) is 0 Å². The first kappa shape index (κ1) is 14.8. The molecule has 4 aromatic rings. The van der Waals surface area contributed by atoms with Gasteiger partial charge >= 0.3 is 0 Å². The van der Waals surface area contributed by atoms with E-state index in [1.165, 1.54) is 15.8 Å². The molecule has 25 heavy (non-hydrogen) atoms. The summed E-state index contributed by atoms with van der Waals surface area (Å²) < 4.78 is 0. The van der Waals surface area contributed by atoms with E-state index in [2.05, 4.69) is 45.8 Å². The number of imidazole rings is 1. The topological polar surface area (TPSA) is 57.7 Å². The molecule has 0 saturated carbocycles. The predicted molar refractivity (Wildman–Crippen MR) is 102 cm³/mol. The summed E-state index contributed by atoms with van der Waals surface area (Å²) in [4.78, 5) is 22.3. The molecule has 6 heteroatoms. The van der Waals surface area contributed by atoms with Crippen LogP contribution < -0.4 is 4.90 Å². The summed E-state index contributed by atoms with van der Waals surface area (Å²) >= 11 is 1.75. The van der Waals surface area contributed by atoms with E-state index in [1.54, 1.807) is 17.7 Å². The summed E-state index contributed by atoms with van der Waals surface area (Å²) in [5, 5.41) is 1.20. The lowest BCUT2D eigenvalue weighted by molar-refractivity contribution is 0.674. The number of nitrogens with one attached hydrogen (secondary N) is 1. The van der Waals surface area contributed by atoms with Crippen molar-refractivity contribution >= 4 is 38.4 Å². The summed E-state index contributed by atoms with van der Waals surface area (Å²) in [7, 11) is 0. The van der Waals surface area contributed by atoms with Gasteiger partial charge in [-0.05, 0) is 44.4 Å². The molecule has 3 aromatic heterocycles. The van der Waals surface area contributed by atoms with Crippen molar-refractivity contribution in [2.45, 2.75) is 32.7 Å². The zero-order chi connectivity index (χ0) is 17.0. The van der Waals surface area contributed by atoms with E-state index in [0.29, 0.717) is 0 Å². The fraction of sp³-hybridized carbons (Fsp3) is 0.316. The quantitative estimate of drug-likeness (QED) is 0.578. The number of aryl methyl sites for hydroxylation is 2. The third-order valence-corrected chi connectivity index (χ3v) is 6.31. The Morgan fingerprint density at radius 3 is 2.96 bits per heavy atom. The van der Waals surface area contributed by atoms with Crippen molar-refractivity contribution in [3.05, 3.63) is 46.9 Å². The average molecular weight is 349 g/mol. The van der Waals surface area contributed by atoms with Crippen molar-refractivity contribution in [1.29, 1.82) is 0 Å². The molecule has 4 heterocycles. The Kier molecular flexibility index (Phi) is 3.28. The van der Waals surface area contributed by atoms with Gasteiger partial charge in [-0.2, -0.15) is 0 Å². The van der Waals surface area contributed by atoms with Gasteiger partial charge in [0.1, 0.15) is 22.8 Å². The highest BCUT2D eigenvalue weighted by molar-refractivity contribution is 7.18. The van der Waals surface area contributed by atoms with Crippen LogP contribution in [0.2, 0.25) is 0 Å². The van der Waals surface area contributed by atoms with Crippen LogP contribution >= 0.6 is 11.3 Å². The van der Waals surface area contributed by atoms with E-state index >= 15 is 0 Å². The lowest BCUT2D eigenvalue weighted by Gasteiger charge is -2.25. The molecule has 1 aromatic carbocycles. The van der Waals surface area contributed by atoms with Gasteiger partial charge in [-0.25, -0.2) is 15.0 Å². The minimum absolute atomic E-state index is 0.241. The number of benzene rings is 1. The number of aromatic amines is 1. The van der Waals surface area contributed by atoms with Crippen LogP contribution in [-0.2, 0) is 0 Å². The maximum Gasteiger partial charge on any atom is 0.141 e. The second kappa shape index (κ2) is 5.52. The Morgan fingerprint density at radius 2 is 2.08 bits per heavy atom. The number of nitrogens with zero attached hydrogens (tertiary/aromatic N) is 4. The Hall–Kier alpha value is -2.47.